The molecule has 24 heavy (non-hydrogen) atoms. The van der Waals surface area contributed by atoms with E-state index in [1.54, 1.807) is 0 Å². The van der Waals surface area contributed by atoms with Crippen molar-refractivity contribution in [1.82, 2.24) is 18.9 Å². The van der Waals surface area contributed by atoms with Crippen molar-refractivity contribution < 1.29 is 4.79 Å². The van der Waals surface area contributed by atoms with Crippen LogP contribution in [0.15, 0.2) is 9.59 Å². The van der Waals surface area contributed by atoms with Gasteiger partial charge in [0, 0.05) is 46.8 Å². The number of carbonyl (C=O) groups is 1. The normalized spacial score (nSPS) is 16.7. The second kappa shape index (κ2) is 7.31. The predicted octanol–water partition coefficient (Wildman–Crippen LogP) is -0.877. The SMILES string of the molecule is CC(C)CN1CCN(CC(=O)c2c(N)n(C)c(=O)n(C)c2=O)CC1. The molecule has 0 radical (unpaired) electrons. The number of nitrogens with zero attached hydrogens (tertiary/aromatic N) is 4. The molecule has 0 atom stereocenters. The van der Waals surface area contributed by atoms with Crippen LogP contribution in [0.3, 0.4) is 0 Å². The minimum absolute atomic E-state index is 0.0634. The lowest BCUT2D eigenvalue weighted by Gasteiger charge is -2.35. The van der Waals surface area contributed by atoms with Gasteiger partial charge in [0.1, 0.15) is 11.4 Å². The fourth-order valence-electron chi connectivity index (χ4n) is 3.05. The highest BCUT2D eigenvalue weighted by Gasteiger charge is 2.24. The van der Waals surface area contributed by atoms with E-state index < -0.39 is 11.2 Å². The third kappa shape index (κ3) is 3.76. The van der Waals surface area contributed by atoms with Crippen molar-refractivity contribution in [2.75, 3.05) is 45.0 Å². The maximum Gasteiger partial charge on any atom is 0.332 e. The van der Waals surface area contributed by atoms with Gasteiger partial charge in [-0.25, -0.2) is 4.79 Å². The smallest absolute Gasteiger partial charge is 0.332 e. The Kier molecular flexibility index (Phi) is 5.61. The van der Waals surface area contributed by atoms with Crippen LogP contribution in [0.1, 0.15) is 24.2 Å². The first-order valence-corrected chi connectivity index (χ1v) is 8.25. The van der Waals surface area contributed by atoms with E-state index in [-0.39, 0.29) is 23.7 Å². The van der Waals surface area contributed by atoms with E-state index in [4.69, 9.17) is 5.73 Å². The minimum atomic E-state index is -0.626. The number of nitrogen functional groups attached to an aromatic ring is 1. The van der Waals surface area contributed by atoms with Gasteiger partial charge in [0.25, 0.3) is 5.56 Å². The molecule has 134 valence electrons. The van der Waals surface area contributed by atoms with Crippen LogP contribution in [0.25, 0.3) is 0 Å². The summed E-state index contributed by atoms with van der Waals surface area (Å²) in [5, 5.41) is 0. The average Bonchev–Trinajstić information content (AvgIpc) is 2.52. The zero-order chi connectivity index (χ0) is 18.0. The molecular weight excluding hydrogens is 310 g/mol. The second-order valence-electron chi connectivity index (χ2n) is 6.86. The van der Waals surface area contributed by atoms with E-state index in [9.17, 15) is 14.4 Å². The van der Waals surface area contributed by atoms with Crippen molar-refractivity contribution >= 4 is 11.6 Å². The van der Waals surface area contributed by atoms with Gasteiger partial charge in [-0.3, -0.25) is 23.6 Å². The van der Waals surface area contributed by atoms with Gasteiger partial charge in [-0.2, -0.15) is 0 Å². The monoisotopic (exact) mass is 337 g/mol. The summed E-state index contributed by atoms with van der Waals surface area (Å²) in [5.74, 6) is 0.221. The molecule has 0 bridgehead atoms. The summed E-state index contributed by atoms with van der Waals surface area (Å²) in [5.41, 5.74) is 4.59. The van der Waals surface area contributed by atoms with Crippen LogP contribution < -0.4 is 17.0 Å². The molecule has 0 amide bonds. The summed E-state index contributed by atoms with van der Waals surface area (Å²) in [6.45, 7) is 8.96. The summed E-state index contributed by atoms with van der Waals surface area (Å²) < 4.78 is 2.05. The first-order chi connectivity index (χ1) is 11.2. The number of rotatable bonds is 5. The molecule has 8 nitrogen and oxygen atoms in total. The van der Waals surface area contributed by atoms with Crippen LogP contribution in [-0.2, 0) is 14.1 Å². The van der Waals surface area contributed by atoms with Gasteiger partial charge in [0.2, 0.25) is 0 Å². The molecule has 0 aliphatic carbocycles. The van der Waals surface area contributed by atoms with Gasteiger partial charge < -0.3 is 10.6 Å². The second-order valence-corrected chi connectivity index (χ2v) is 6.86. The number of Topliss-reactive ketones (excluding diaryl/α,β-unsaturated/α-hetero) is 1. The lowest BCUT2D eigenvalue weighted by Crippen LogP contribution is -2.49. The van der Waals surface area contributed by atoms with Crippen LogP contribution in [0, 0.1) is 5.92 Å². The highest BCUT2D eigenvalue weighted by atomic mass is 16.2. The molecule has 1 aliphatic rings. The van der Waals surface area contributed by atoms with E-state index in [1.807, 2.05) is 4.90 Å². The first kappa shape index (κ1) is 18.4. The molecule has 1 fully saturated rings. The molecule has 0 spiro atoms. The number of anilines is 1. The average molecular weight is 337 g/mol. The quantitative estimate of drug-likeness (QED) is 0.702. The zero-order valence-electron chi connectivity index (χ0n) is 14.9. The van der Waals surface area contributed by atoms with Gasteiger partial charge in [-0.05, 0) is 5.92 Å². The topological polar surface area (TPSA) is 93.6 Å². The summed E-state index contributed by atoms with van der Waals surface area (Å²) in [4.78, 5) is 41.0. The molecule has 2 heterocycles. The molecule has 1 aromatic rings. The Morgan fingerprint density at radius 1 is 1.04 bits per heavy atom. The highest BCUT2D eigenvalue weighted by Crippen LogP contribution is 2.09. The summed E-state index contributed by atoms with van der Waals surface area (Å²) in [7, 11) is 2.81. The van der Waals surface area contributed by atoms with Gasteiger partial charge >= 0.3 is 5.69 Å². The Labute approximate surface area is 141 Å². The lowest BCUT2D eigenvalue weighted by molar-refractivity contribution is 0.0835. The Hall–Kier alpha value is -1.93. The number of aromatic nitrogens is 2. The van der Waals surface area contributed by atoms with Crippen molar-refractivity contribution in [3.63, 3.8) is 0 Å². The summed E-state index contributed by atoms with van der Waals surface area (Å²) in [6.07, 6.45) is 0. The fourth-order valence-corrected chi connectivity index (χ4v) is 3.05. The van der Waals surface area contributed by atoms with Crippen LogP contribution in [0.2, 0.25) is 0 Å². The fraction of sp³-hybridized carbons (Fsp3) is 0.688. The van der Waals surface area contributed by atoms with Gasteiger partial charge in [0.15, 0.2) is 5.78 Å². The Morgan fingerprint density at radius 3 is 2.12 bits per heavy atom. The number of ketones is 1. The van der Waals surface area contributed by atoms with Gasteiger partial charge in [0.05, 0.1) is 6.54 Å². The lowest BCUT2D eigenvalue weighted by atomic mass is 10.1. The van der Waals surface area contributed by atoms with Crippen LogP contribution in [-0.4, -0.2) is 64.0 Å². The Balaban J connectivity index is 2.10. The zero-order valence-corrected chi connectivity index (χ0v) is 14.9. The van der Waals surface area contributed by atoms with Crippen molar-refractivity contribution in [2.45, 2.75) is 13.8 Å². The maximum atomic E-state index is 12.6. The van der Waals surface area contributed by atoms with E-state index in [1.165, 1.54) is 14.1 Å². The van der Waals surface area contributed by atoms with Gasteiger partial charge in [-0.1, -0.05) is 13.8 Å². The molecule has 0 unspecified atom stereocenters. The Bertz CT molecular complexity index is 726. The standard InChI is InChI=1S/C16H27N5O3/c1-11(2)9-20-5-7-21(8-6-20)10-12(22)13-14(17)18(3)16(24)19(4)15(13)23/h11H,5-10,17H2,1-4H3. The van der Waals surface area contributed by atoms with Crippen molar-refractivity contribution in [3.05, 3.63) is 26.4 Å². The van der Waals surface area contributed by atoms with Crippen LogP contribution in [0.5, 0.6) is 0 Å². The first-order valence-electron chi connectivity index (χ1n) is 8.25. The van der Waals surface area contributed by atoms with Crippen LogP contribution in [0.4, 0.5) is 5.82 Å². The number of carbonyl (C=O) groups excluding carboxylic acids is 1. The number of hydrogen-bond acceptors (Lipinski definition) is 6. The molecule has 0 aromatic carbocycles. The highest BCUT2D eigenvalue weighted by molar-refractivity contribution is 6.01. The third-order valence-electron chi connectivity index (χ3n) is 4.44. The van der Waals surface area contributed by atoms with E-state index in [0.717, 1.165) is 41.9 Å². The molecule has 1 aliphatic heterocycles. The van der Waals surface area contributed by atoms with Crippen LogP contribution >= 0.6 is 0 Å². The minimum Gasteiger partial charge on any atom is -0.384 e. The predicted molar refractivity (Wildman–Crippen MR) is 93.4 cm³/mol. The molecule has 2 rings (SSSR count). The van der Waals surface area contributed by atoms with E-state index in [2.05, 4.69) is 18.7 Å². The maximum absolute atomic E-state index is 12.6. The Morgan fingerprint density at radius 2 is 1.58 bits per heavy atom. The van der Waals surface area contributed by atoms with Crippen molar-refractivity contribution in [3.8, 4) is 0 Å². The molecule has 2 N–H and O–H groups in total. The molecule has 1 aromatic heterocycles. The largest absolute Gasteiger partial charge is 0.384 e. The molecule has 8 heteroatoms. The molecular formula is C16H27N5O3. The number of nitrogens with two attached hydrogens (primary N) is 1. The van der Waals surface area contributed by atoms with Crippen molar-refractivity contribution in [1.29, 1.82) is 0 Å². The molecule has 0 saturated carbocycles. The van der Waals surface area contributed by atoms with Gasteiger partial charge in [-0.15, -0.1) is 0 Å². The van der Waals surface area contributed by atoms with Crippen molar-refractivity contribution in [2.24, 2.45) is 20.0 Å². The number of piperazine rings is 1. The summed E-state index contributed by atoms with van der Waals surface area (Å²) >= 11 is 0. The summed E-state index contributed by atoms with van der Waals surface area (Å²) in [6, 6.07) is 0. The van der Waals surface area contributed by atoms with E-state index in [0.29, 0.717) is 5.92 Å². The third-order valence-corrected chi connectivity index (χ3v) is 4.44. The van der Waals surface area contributed by atoms with E-state index >= 15 is 0 Å². The molecule has 1 saturated heterocycles. The number of hydrogen-bond donors (Lipinski definition) is 1.